The van der Waals surface area contributed by atoms with E-state index >= 15 is 0 Å². The number of hydrazone groups is 1. The lowest BCUT2D eigenvalue weighted by Gasteiger charge is -2.23. The molecule has 0 fully saturated rings. The number of sulfonamides is 1. The van der Waals surface area contributed by atoms with Crippen LogP contribution in [0.5, 0.6) is 11.5 Å². The number of carbonyl (C=O) groups is 1. The summed E-state index contributed by atoms with van der Waals surface area (Å²) < 4.78 is 38.0. The van der Waals surface area contributed by atoms with Gasteiger partial charge in [-0.3, -0.25) is 9.10 Å². The first kappa shape index (κ1) is 23.8. The maximum atomic E-state index is 13.3. The Balaban J connectivity index is 1.79. The number of ether oxygens (including phenoxy) is 2. The fraction of sp³-hybridized carbons (Fsp3) is 0.167. The topological polar surface area (TPSA) is 97.3 Å². The van der Waals surface area contributed by atoms with E-state index in [0.717, 1.165) is 9.87 Å². The van der Waals surface area contributed by atoms with Gasteiger partial charge in [-0.2, -0.15) is 5.10 Å². The molecule has 33 heavy (non-hydrogen) atoms. The van der Waals surface area contributed by atoms with Gasteiger partial charge in [-0.15, -0.1) is 0 Å². The van der Waals surface area contributed by atoms with Crippen molar-refractivity contribution in [3.8, 4) is 11.5 Å². The van der Waals surface area contributed by atoms with Crippen molar-refractivity contribution >= 4 is 27.8 Å². The van der Waals surface area contributed by atoms with E-state index in [-0.39, 0.29) is 4.90 Å². The van der Waals surface area contributed by atoms with Gasteiger partial charge in [0.05, 0.1) is 31.0 Å². The van der Waals surface area contributed by atoms with Crippen LogP contribution in [0.25, 0.3) is 0 Å². The van der Waals surface area contributed by atoms with Gasteiger partial charge in [0, 0.05) is 0 Å². The van der Waals surface area contributed by atoms with Crippen molar-refractivity contribution in [2.45, 2.75) is 11.8 Å². The Kier molecular flexibility index (Phi) is 7.68. The van der Waals surface area contributed by atoms with Crippen LogP contribution in [-0.4, -0.2) is 41.3 Å². The number of rotatable bonds is 9. The Morgan fingerprint density at radius 2 is 1.64 bits per heavy atom. The Labute approximate surface area is 193 Å². The minimum atomic E-state index is -3.97. The first-order valence-corrected chi connectivity index (χ1v) is 11.5. The van der Waals surface area contributed by atoms with Gasteiger partial charge in [0.1, 0.15) is 6.54 Å². The van der Waals surface area contributed by atoms with E-state index in [0.29, 0.717) is 22.7 Å². The Bertz CT molecular complexity index is 1230. The SMILES string of the molecule is COc1ccc(/C=N/NC(=O)CN(c2ccc(C)cc2)S(=O)(=O)c2ccccc2)cc1OC. The molecule has 0 atom stereocenters. The highest BCUT2D eigenvalue weighted by Crippen LogP contribution is 2.27. The Morgan fingerprint density at radius 3 is 2.27 bits per heavy atom. The fourth-order valence-electron chi connectivity index (χ4n) is 3.02. The number of methoxy groups -OCH3 is 2. The number of benzene rings is 3. The number of hydrogen-bond acceptors (Lipinski definition) is 6. The molecule has 0 heterocycles. The molecular formula is C24H25N3O5S. The molecule has 9 heteroatoms. The van der Waals surface area contributed by atoms with Crippen molar-refractivity contribution in [1.29, 1.82) is 0 Å². The van der Waals surface area contributed by atoms with Crippen molar-refractivity contribution in [3.63, 3.8) is 0 Å². The summed E-state index contributed by atoms with van der Waals surface area (Å²) in [7, 11) is -0.908. The van der Waals surface area contributed by atoms with Crippen LogP contribution in [0, 0.1) is 6.92 Å². The molecule has 0 spiro atoms. The molecule has 1 N–H and O–H groups in total. The van der Waals surface area contributed by atoms with E-state index < -0.39 is 22.5 Å². The van der Waals surface area contributed by atoms with E-state index in [4.69, 9.17) is 9.47 Å². The van der Waals surface area contributed by atoms with E-state index in [1.165, 1.54) is 32.6 Å². The van der Waals surface area contributed by atoms with Crippen LogP contribution >= 0.6 is 0 Å². The standard InChI is InChI=1S/C24H25N3O5S/c1-18-9-12-20(13-10-18)27(33(29,30)21-7-5-4-6-8-21)17-24(28)26-25-16-19-11-14-22(31-2)23(15-19)32-3/h4-16H,17H2,1-3H3,(H,26,28)/b25-16+. The fourth-order valence-corrected chi connectivity index (χ4v) is 4.47. The molecule has 0 aliphatic heterocycles. The lowest BCUT2D eigenvalue weighted by Crippen LogP contribution is -2.39. The predicted molar refractivity (Wildman–Crippen MR) is 127 cm³/mol. The summed E-state index contributed by atoms with van der Waals surface area (Å²) in [5.74, 6) is 0.498. The first-order valence-electron chi connectivity index (χ1n) is 10.0. The van der Waals surface area contributed by atoms with Gasteiger partial charge in [0.2, 0.25) is 0 Å². The second kappa shape index (κ2) is 10.6. The van der Waals surface area contributed by atoms with Crippen molar-refractivity contribution in [2.75, 3.05) is 25.1 Å². The maximum Gasteiger partial charge on any atom is 0.264 e. The number of nitrogens with one attached hydrogen (secondary N) is 1. The molecule has 3 aromatic carbocycles. The lowest BCUT2D eigenvalue weighted by atomic mass is 10.2. The van der Waals surface area contributed by atoms with Gasteiger partial charge in [-0.05, 0) is 55.0 Å². The summed E-state index contributed by atoms with van der Waals surface area (Å²) in [5.41, 5.74) is 4.40. The average Bonchev–Trinajstić information content (AvgIpc) is 2.83. The molecule has 8 nitrogen and oxygen atoms in total. The molecule has 0 aromatic heterocycles. The van der Waals surface area contributed by atoms with Crippen molar-refractivity contribution in [3.05, 3.63) is 83.9 Å². The minimum Gasteiger partial charge on any atom is -0.493 e. The highest BCUT2D eigenvalue weighted by molar-refractivity contribution is 7.92. The quantitative estimate of drug-likeness (QED) is 0.384. The van der Waals surface area contributed by atoms with Crippen LogP contribution in [-0.2, 0) is 14.8 Å². The van der Waals surface area contributed by atoms with Crippen molar-refractivity contribution in [1.82, 2.24) is 5.43 Å². The van der Waals surface area contributed by atoms with E-state index in [2.05, 4.69) is 10.5 Å². The molecule has 0 bridgehead atoms. The predicted octanol–water partition coefficient (Wildman–Crippen LogP) is 3.36. The monoisotopic (exact) mass is 467 g/mol. The summed E-state index contributed by atoms with van der Waals surface area (Å²) in [6.07, 6.45) is 1.43. The number of amides is 1. The molecule has 0 unspecified atom stereocenters. The highest BCUT2D eigenvalue weighted by atomic mass is 32.2. The number of carbonyl (C=O) groups excluding carboxylic acids is 1. The van der Waals surface area contributed by atoms with Crippen LogP contribution in [0.15, 0.2) is 82.8 Å². The summed E-state index contributed by atoms with van der Waals surface area (Å²) in [6.45, 7) is 1.46. The number of anilines is 1. The number of hydrogen-bond donors (Lipinski definition) is 1. The van der Waals surface area contributed by atoms with Gasteiger partial charge < -0.3 is 9.47 Å². The molecule has 0 saturated carbocycles. The minimum absolute atomic E-state index is 0.0900. The molecule has 0 aliphatic carbocycles. The molecule has 0 aliphatic rings. The summed E-state index contributed by atoms with van der Waals surface area (Å²) in [4.78, 5) is 12.7. The van der Waals surface area contributed by atoms with Gasteiger partial charge in [-0.1, -0.05) is 35.9 Å². The third-order valence-corrected chi connectivity index (χ3v) is 6.54. The molecule has 3 aromatic rings. The zero-order valence-electron chi connectivity index (χ0n) is 18.6. The third kappa shape index (κ3) is 5.89. The number of nitrogens with zero attached hydrogens (tertiary/aromatic N) is 2. The number of aryl methyl sites for hydroxylation is 1. The van der Waals surface area contributed by atoms with Crippen LogP contribution < -0.4 is 19.2 Å². The molecular weight excluding hydrogens is 442 g/mol. The smallest absolute Gasteiger partial charge is 0.264 e. The van der Waals surface area contributed by atoms with Crippen LogP contribution in [0.4, 0.5) is 5.69 Å². The maximum absolute atomic E-state index is 13.3. The van der Waals surface area contributed by atoms with Gasteiger partial charge in [-0.25, -0.2) is 13.8 Å². The lowest BCUT2D eigenvalue weighted by molar-refractivity contribution is -0.119. The third-order valence-electron chi connectivity index (χ3n) is 4.75. The second-order valence-electron chi connectivity index (χ2n) is 7.07. The van der Waals surface area contributed by atoms with Crippen LogP contribution in [0.2, 0.25) is 0 Å². The van der Waals surface area contributed by atoms with Gasteiger partial charge in [0.15, 0.2) is 11.5 Å². The molecule has 0 saturated heterocycles. The molecule has 1 amide bonds. The molecule has 172 valence electrons. The normalized spacial score (nSPS) is 11.2. The summed E-state index contributed by atoms with van der Waals surface area (Å²) in [5, 5.41) is 3.95. The summed E-state index contributed by atoms with van der Waals surface area (Å²) >= 11 is 0. The van der Waals surface area contributed by atoms with Crippen molar-refractivity contribution in [2.24, 2.45) is 5.10 Å². The van der Waals surface area contributed by atoms with Crippen LogP contribution in [0.3, 0.4) is 0 Å². The second-order valence-corrected chi connectivity index (χ2v) is 8.93. The first-order chi connectivity index (χ1) is 15.8. The zero-order valence-corrected chi connectivity index (χ0v) is 19.4. The molecule has 3 rings (SSSR count). The van der Waals surface area contributed by atoms with E-state index in [1.807, 2.05) is 6.92 Å². The summed E-state index contributed by atoms with van der Waals surface area (Å²) in [6, 6.07) is 20.0. The van der Waals surface area contributed by atoms with Gasteiger partial charge >= 0.3 is 0 Å². The Morgan fingerprint density at radius 1 is 0.970 bits per heavy atom. The van der Waals surface area contributed by atoms with E-state index in [1.54, 1.807) is 60.7 Å². The van der Waals surface area contributed by atoms with E-state index in [9.17, 15) is 13.2 Å². The van der Waals surface area contributed by atoms with Gasteiger partial charge in [0.25, 0.3) is 15.9 Å². The average molecular weight is 468 g/mol. The largest absolute Gasteiger partial charge is 0.493 e. The molecule has 0 radical (unpaired) electrons. The highest BCUT2D eigenvalue weighted by Gasteiger charge is 2.27. The van der Waals surface area contributed by atoms with Crippen molar-refractivity contribution < 1.29 is 22.7 Å². The Hall–Kier alpha value is -3.85. The van der Waals surface area contributed by atoms with Crippen LogP contribution in [0.1, 0.15) is 11.1 Å². The zero-order chi connectivity index (χ0) is 23.8.